The lowest BCUT2D eigenvalue weighted by molar-refractivity contribution is 0.415. The number of aromatic nitrogens is 1. The highest BCUT2D eigenvalue weighted by Gasteiger charge is 2.17. The Bertz CT molecular complexity index is 564. The van der Waals surface area contributed by atoms with Crippen molar-refractivity contribution in [2.45, 2.75) is 39.2 Å². The summed E-state index contributed by atoms with van der Waals surface area (Å²) in [5.74, 6) is 1.78. The van der Waals surface area contributed by atoms with E-state index in [4.69, 9.17) is 4.74 Å². The average Bonchev–Trinajstić information content (AvgIpc) is 2.38. The molecule has 3 nitrogen and oxygen atoms in total. The van der Waals surface area contributed by atoms with Crippen molar-refractivity contribution < 1.29 is 4.74 Å². The van der Waals surface area contributed by atoms with Crippen LogP contribution in [0, 0.1) is 0 Å². The second kappa shape index (κ2) is 5.47. The molecule has 0 aliphatic heterocycles. The van der Waals surface area contributed by atoms with Crippen LogP contribution in [0.4, 0.5) is 5.82 Å². The van der Waals surface area contributed by atoms with Crippen LogP contribution in [-0.4, -0.2) is 17.6 Å². The molecule has 1 N–H and O–H groups in total. The van der Waals surface area contributed by atoms with E-state index in [1.807, 2.05) is 24.4 Å². The predicted molar refractivity (Wildman–Crippen MR) is 80.9 cm³/mol. The molecular weight excluding hydrogens is 236 g/mol. The van der Waals surface area contributed by atoms with Gasteiger partial charge in [-0.3, -0.25) is 0 Å². The van der Waals surface area contributed by atoms with Crippen LogP contribution >= 0.6 is 0 Å². The second-order valence-electron chi connectivity index (χ2n) is 5.51. The molecule has 0 atom stereocenters. The maximum Gasteiger partial charge on any atom is 0.134 e. The minimum Gasteiger partial charge on any atom is -0.497 e. The molecule has 0 bridgehead atoms. The summed E-state index contributed by atoms with van der Waals surface area (Å²) in [4.78, 5) is 4.48. The van der Waals surface area contributed by atoms with Crippen molar-refractivity contribution in [2.24, 2.45) is 0 Å². The summed E-state index contributed by atoms with van der Waals surface area (Å²) < 4.78 is 5.30. The molecule has 2 aromatic rings. The number of fused-ring (bicyclic) bond motifs is 1. The molecule has 0 spiro atoms. The summed E-state index contributed by atoms with van der Waals surface area (Å²) in [5.41, 5.74) is 0.0408. The fourth-order valence-electron chi connectivity index (χ4n) is 2.38. The van der Waals surface area contributed by atoms with Gasteiger partial charge >= 0.3 is 0 Å². The highest BCUT2D eigenvalue weighted by molar-refractivity contribution is 5.92. The average molecular weight is 258 g/mol. The zero-order valence-electron chi connectivity index (χ0n) is 12.2. The first-order valence-corrected chi connectivity index (χ1v) is 6.76. The van der Waals surface area contributed by atoms with Crippen molar-refractivity contribution in [3.05, 3.63) is 30.5 Å². The summed E-state index contributed by atoms with van der Waals surface area (Å²) in [6.07, 6.45) is 4.10. The number of rotatable bonds is 5. The van der Waals surface area contributed by atoms with E-state index in [0.29, 0.717) is 0 Å². The van der Waals surface area contributed by atoms with Gasteiger partial charge in [0, 0.05) is 17.1 Å². The fourth-order valence-corrected chi connectivity index (χ4v) is 2.38. The van der Waals surface area contributed by atoms with E-state index in [9.17, 15) is 0 Å². The van der Waals surface area contributed by atoms with Crippen LogP contribution < -0.4 is 10.1 Å². The maximum absolute atomic E-state index is 5.30. The Kier molecular flexibility index (Phi) is 3.93. The number of hydrogen-bond acceptors (Lipinski definition) is 3. The minimum absolute atomic E-state index is 0.0408. The molecule has 0 radical (unpaired) electrons. The summed E-state index contributed by atoms with van der Waals surface area (Å²) in [7, 11) is 1.69. The van der Waals surface area contributed by atoms with E-state index >= 15 is 0 Å². The van der Waals surface area contributed by atoms with Gasteiger partial charge in [-0.25, -0.2) is 4.98 Å². The lowest BCUT2D eigenvalue weighted by Crippen LogP contribution is -2.31. The van der Waals surface area contributed by atoms with E-state index in [1.165, 1.54) is 5.39 Å². The van der Waals surface area contributed by atoms with Crippen molar-refractivity contribution in [3.63, 3.8) is 0 Å². The van der Waals surface area contributed by atoms with Crippen molar-refractivity contribution in [1.29, 1.82) is 0 Å². The Labute approximate surface area is 115 Å². The number of nitrogens with zero attached hydrogens (tertiary/aromatic N) is 1. The Morgan fingerprint density at radius 1 is 1.26 bits per heavy atom. The van der Waals surface area contributed by atoms with E-state index in [0.717, 1.165) is 29.8 Å². The van der Waals surface area contributed by atoms with Crippen LogP contribution in [0.15, 0.2) is 30.5 Å². The predicted octanol–water partition coefficient (Wildman–Crippen LogP) is 4.23. The molecular formula is C16H22N2O. The smallest absolute Gasteiger partial charge is 0.134 e. The van der Waals surface area contributed by atoms with Gasteiger partial charge in [0.2, 0.25) is 0 Å². The first kappa shape index (κ1) is 13.7. The van der Waals surface area contributed by atoms with E-state index in [1.54, 1.807) is 7.11 Å². The molecule has 19 heavy (non-hydrogen) atoms. The number of anilines is 1. The Balaban J connectivity index is 2.42. The summed E-state index contributed by atoms with van der Waals surface area (Å²) >= 11 is 0. The monoisotopic (exact) mass is 258 g/mol. The van der Waals surface area contributed by atoms with Crippen LogP contribution in [0.5, 0.6) is 5.75 Å². The van der Waals surface area contributed by atoms with E-state index < -0.39 is 0 Å². The van der Waals surface area contributed by atoms with Gasteiger partial charge < -0.3 is 10.1 Å². The van der Waals surface area contributed by atoms with Gasteiger partial charge in [-0.15, -0.1) is 0 Å². The third-order valence-corrected chi connectivity index (χ3v) is 3.31. The number of ether oxygens (including phenoxy) is 1. The number of nitrogens with one attached hydrogen (secondary N) is 1. The van der Waals surface area contributed by atoms with Gasteiger partial charge in [-0.2, -0.15) is 0 Å². The molecule has 0 fully saturated rings. The largest absolute Gasteiger partial charge is 0.497 e. The molecule has 1 aromatic carbocycles. The molecule has 0 unspecified atom stereocenters. The van der Waals surface area contributed by atoms with Crippen LogP contribution in [0.3, 0.4) is 0 Å². The third-order valence-electron chi connectivity index (χ3n) is 3.31. The zero-order chi connectivity index (χ0) is 13.9. The molecule has 0 saturated heterocycles. The van der Waals surface area contributed by atoms with Crippen LogP contribution in [0.25, 0.3) is 10.8 Å². The Hall–Kier alpha value is -1.77. The van der Waals surface area contributed by atoms with Gasteiger partial charge in [0.05, 0.1) is 7.11 Å². The molecule has 0 amide bonds. The maximum atomic E-state index is 5.30. The lowest BCUT2D eigenvalue weighted by atomic mass is 9.98. The minimum atomic E-state index is 0.0408. The Morgan fingerprint density at radius 3 is 2.74 bits per heavy atom. The molecule has 0 aliphatic carbocycles. The highest BCUT2D eigenvalue weighted by atomic mass is 16.5. The number of methoxy groups -OCH3 is 1. The molecule has 0 saturated carbocycles. The standard InChI is InChI=1S/C16H22N2O/c1-5-9-16(2,3)18-15-14-11-13(19-4)7-6-12(14)8-10-17-15/h6-8,10-11H,5,9H2,1-4H3,(H,17,18). The van der Waals surface area contributed by atoms with Crippen LogP contribution in [0.1, 0.15) is 33.6 Å². The van der Waals surface area contributed by atoms with Gasteiger partial charge in [-0.05, 0) is 43.9 Å². The van der Waals surface area contributed by atoms with Crippen molar-refractivity contribution >= 4 is 16.6 Å². The van der Waals surface area contributed by atoms with Crippen LogP contribution in [-0.2, 0) is 0 Å². The highest BCUT2D eigenvalue weighted by Crippen LogP contribution is 2.28. The SMILES string of the molecule is CCCC(C)(C)Nc1nccc2ccc(OC)cc12. The Morgan fingerprint density at radius 2 is 2.05 bits per heavy atom. The number of pyridine rings is 1. The molecule has 102 valence electrons. The van der Waals surface area contributed by atoms with E-state index in [2.05, 4.69) is 37.1 Å². The first-order chi connectivity index (χ1) is 9.05. The van der Waals surface area contributed by atoms with Crippen molar-refractivity contribution in [3.8, 4) is 5.75 Å². The molecule has 2 rings (SSSR count). The summed E-state index contributed by atoms with van der Waals surface area (Å²) in [5, 5.41) is 5.82. The normalized spacial score (nSPS) is 11.6. The lowest BCUT2D eigenvalue weighted by Gasteiger charge is -2.27. The van der Waals surface area contributed by atoms with Crippen molar-refractivity contribution in [2.75, 3.05) is 12.4 Å². The van der Waals surface area contributed by atoms with Gasteiger partial charge in [0.1, 0.15) is 11.6 Å². The summed E-state index contributed by atoms with van der Waals surface area (Å²) in [6.45, 7) is 6.61. The quantitative estimate of drug-likeness (QED) is 0.871. The van der Waals surface area contributed by atoms with Gasteiger partial charge in [0.15, 0.2) is 0 Å². The first-order valence-electron chi connectivity index (χ1n) is 6.76. The van der Waals surface area contributed by atoms with Crippen molar-refractivity contribution in [1.82, 2.24) is 4.98 Å². The number of hydrogen-bond donors (Lipinski definition) is 1. The molecule has 3 heteroatoms. The van der Waals surface area contributed by atoms with E-state index in [-0.39, 0.29) is 5.54 Å². The molecule has 0 aliphatic rings. The third kappa shape index (κ3) is 3.16. The topological polar surface area (TPSA) is 34.2 Å². The summed E-state index contributed by atoms with van der Waals surface area (Å²) in [6, 6.07) is 8.09. The van der Waals surface area contributed by atoms with Gasteiger partial charge in [0.25, 0.3) is 0 Å². The van der Waals surface area contributed by atoms with Gasteiger partial charge in [-0.1, -0.05) is 19.4 Å². The molecule has 1 aromatic heterocycles. The fraction of sp³-hybridized carbons (Fsp3) is 0.438. The second-order valence-corrected chi connectivity index (χ2v) is 5.51. The molecule has 1 heterocycles. The number of benzene rings is 1. The zero-order valence-corrected chi connectivity index (χ0v) is 12.2. The van der Waals surface area contributed by atoms with Crippen LogP contribution in [0.2, 0.25) is 0 Å².